The summed E-state index contributed by atoms with van der Waals surface area (Å²) < 4.78 is 5.48. The first kappa shape index (κ1) is 15.5. The quantitative estimate of drug-likeness (QED) is 0.570. The molecule has 0 aromatic heterocycles. The molecular weight excluding hydrogens is 284 g/mol. The van der Waals surface area contributed by atoms with Gasteiger partial charge in [-0.2, -0.15) is 0 Å². The van der Waals surface area contributed by atoms with Crippen molar-refractivity contribution in [3.63, 3.8) is 0 Å². The number of benzene rings is 2. The van der Waals surface area contributed by atoms with Gasteiger partial charge in [-0.1, -0.05) is 61.0 Å². The molecule has 1 fully saturated rings. The molecule has 0 heterocycles. The molecule has 1 saturated carbocycles. The van der Waals surface area contributed by atoms with Crippen LogP contribution in [0.4, 0.5) is 0 Å². The van der Waals surface area contributed by atoms with Crippen molar-refractivity contribution in [3.05, 3.63) is 66.2 Å². The van der Waals surface area contributed by atoms with Crippen molar-refractivity contribution >= 4 is 12.0 Å². The summed E-state index contributed by atoms with van der Waals surface area (Å²) in [5.41, 5.74) is 3.37. The minimum atomic E-state index is -0.232. The van der Waals surface area contributed by atoms with Gasteiger partial charge in [-0.3, -0.25) is 0 Å². The minimum Gasteiger partial charge on any atom is -0.459 e. The van der Waals surface area contributed by atoms with E-state index in [0.29, 0.717) is 0 Å². The Hall–Kier alpha value is -2.35. The lowest BCUT2D eigenvalue weighted by atomic mass is 9.98. The molecule has 0 aliphatic heterocycles. The zero-order valence-corrected chi connectivity index (χ0v) is 13.3. The summed E-state index contributed by atoms with van der Waals surface area (Å²) in [4.78, 5) is 11.9. The van der Waals surface area contributed by atoms with Crippen LogP contribution in [0.2, 0.25) is 0 Å². The molecule has 0 bridgehead atoms. The van der Waals surface area contributed by atoms with Crippen LogP contribution in [0, 0.1) is 0 Å². The molecule has 0 N–H and O–H groups in total. The lowest BCUT2D eigenvalue weighted by Gasteiger charge is -2.20. The lowest BCUT2D eigenvalue weighted by Crippen LogP contribution is -2.19. The highest BCUT2D eigenvalue weighted by atomic mass is 16.5. The van der Waals surface area contributed by atoms with Crippen molar-refractivity contribution in [1.29, 1.82) is 0 Å². The summed E-state index contributed by atoms with van der Waals surface area (Å²) in [6.45, 7) is 0. The third-order valence-electron chi connectivity index (χ3n) is 4.26. The highest BCUT2D eigenvalue weighted by Gasteiger charge is 2.16. The molecule has 0 unspecified atom stereocenters. The fourth-order valence-corrected chi connectivity index (χ4v) is 2.97. The van der Waals surface area contributed by atoms with Crippen LogP contribution in [0.25, 0.3) is 17.2 Å². The average Bonchev–Trinajstić information content (AvgIpc) is 2.62. The summed E-state index contributed by atoms with van der Waals surface area (Å²) in [6, 6.07) is 18.4. The van der Waals surface area contributed by atoms with Crippen molar-refractivity contribution in [2.45, 2.75) is 38.2 Å². The van der Waals surface area contributed by atoms with Crippen LogP contribution in [0.5, 0.6) is 0 Å². The Balaban J connectivity index is 1.58. The van der Waals surface area contributed by atoms with E-state index in [0.717, 1.165) is 18.4 Å². The Labute approximate surface area is 137 Å². The first-order valence-corrected chi connectivity index (χ1v) is 8.35. The Kier molecular flexibility index (Phi) is 5.25. The first-order valence-electron chi connectivity index (χ1n) is 8.35. The Morgan fingerprint density at radius 3 is 2.22 bits per heavy atom. The van der Waals surface area contributed by atoms with Gasteiger partial charge >= 0.3 is 5.97 Å². The van der Waals surface area contributed by atoms with Crippen molar-refractivity contribution in [2.75, 3.05) is 0 Å². The number of carbonyl (C=O) groups excluding carboxylic acids is 1. The van der Waals surface area contributed by atoms with Gasteiger partial charge in [0.2, 0.25) is 0 Å². The molecule has 0 radical (unpaired) electrons. The zero-order chi connectivity index (χ0) is 15.9. The van der Waals surface area contributed by atoms with E-state index in [2.05, 4.69) is 24.3 Å². The second kappa shape index (κ2) is 7.77. The molecule has 1 aliphatic rings. The maximum atomic E-state index is 11.9. The van der Waals surface area contributed by atoms with E-state index >= 15 is 0 Å². The maximum Gasteiger partial charge on any atom is 0.331 e. The summed E-state index contributed by atoms with van der Waals surface area (Å²) in [5.74, 6) is -0.232. The van der Waals surface area contributed by atoms with Crippen molar-refractivity contribution in [2.24, 2.45) is 0 Å². The molecule has 2 heteroatoms. The molecular formula is C21H22O2. The van der Waals surface area contributed by atoms with Crippen LogP contribution in [0.15, 0.2) is 60.7 Å². The van der Waals surface area contributed by atoms with E-state index in [1.807, 2.05) is 36.4 Å². The summed E-state index contributed by atoms with van der Waals surface area (Å²) in [7, 11) is 0. The number of hydrogen-bond acceptors (Lipinski definition) is 2. The van der Waals surface area contributed by atoms with E-state index in [1.165, 1.54) is 36.5 Å². The van der Waals surface area contributed by atoms with Crippen molar-refractivity contribution in [1.82, 2.24) is 0 Å². The molecule has 3 rings (SSSR count). The Morgan fingerprint density at radius 2 is 1.52 bits per heavy atom. The summed E-state index contributed by atoms with van der Waals surface area (Å²) >= 11 is 0. The second-order valence-electron chi connectivity index (χ2n) is 6.02. The number of hydrogen-bond donors (Lipinski definition) is 0. The summed E-state index contributed by atoms with van der Waals surface area (Å²) in [6.07, 6.45) is 9.08. The Bertz CT molecular complexity index is 650. The molecule has 1 aliphatic carbocycles. The largest absolute Gasteiger partial charge is 0.459 e. The van der Waals surface area contributed by atoms with Gasteiger partial charge in [0, 0.05) is 6.08 Å². The van der Waals surface area contributed by atoms with Gasteiger partial charge in [-0.15, -0.1) is 0 Å². The van der Waals surface area contributed by atoms with E-state index in [9.17, 15) is 4.79 Å². The predicted octanol–water partition coefficient (Wildman–Crippen LogP) is 5.24. The van der Waals surface area contributed by atoms with E-state index in [-0.39, 0.29) is 12.1 Å². The topological polar surface area (TPSA) is 26.3 Å². The molecule has 2 aromatic rings. The highest BCUT2D eigenvalue weighted by Crippen LogP contribution is 2.21. The average molecular weight is 306 g/mol. The lowest BCUT2D eigenvalue weighted by molar-refractivity contribution is -0.144. The zero-order valence-electron chi connectivity index (χ0n) is 13.3. The standard InChI is InChI=1S/C21H22O2/c22-21(23-20-9-5-2-6-10-20)16-13-17-11-14-19(15-12-17)18-7-3-1-4-8-18/h1,3-4,7-8,11-16,20H,2,5-6,9-10H2/b16-13+. The molecule has 0 atom stereocenters. The Morgan fingerprint density at radius 1 is 0.870 bits per heavy atom. The minimum absolute atomic E-state index is 0.112. The monoisotopic (exact) mass is 306 g/mol. The van der Waals surface area contributed by atoms with Gasteiger partial charge in [-0.05, 0) is 48.4 Å². The van der Waals surface area contributed by atoms with E-state index < -0.39 is 0 Å². The van der Waals surface area contributed by atoms with Gasteiger partial charge in [0.15, 0.2) is 0 Å². The smallest absolute Gasteiger partial charge is 0.331 e. The van der Waals surface area contributed by atoms with Crippen molar-refractivity contribution in [3.8, 4) is 11.1 Å². The summed E-state index contributed by atoms with van der Waals surface area (Å²) in [5, 5.41) is 0. The van der Waals surface area contributed by atoms with E-state index in [1.54, 1.807) is 0 Å². The van der Waals surface area contributed by atoms with Crippen LogP contribution in [-0.2, 0) is 9.53 Å². The molecule has 2 aromatic carbocycles. The maximum absolute atomic E-state index is 11.9. The first-order chi connectivity index (χ1) is 11.3. The van der Waals surface area contributed by atoms with Crippen LogP contribution in [0.3, 0.4) is 0 Å². The molecule has 23 heavy (non-hydrogen) atoms. The van der Waals surface area contributed by atoms with Crippen LogP contribution < -0.4 is 0 Å². The molecule has 118 valence electrons. The third kappa shape index (κ3) is 4.56. The highest BCUT2D eigenvalue weighted by molar-refractivity contribution is 5.87. The second-order valence-corrected chi connectivity index (χ2v) is 6.02. The third-order valence-corrected chi connectivity index (χ3v) is 4.26. The number of esters is 1. The predicted molar refractivity (Wildman–Crippen MR) is 93.9 cm³/mol. The van der Waals surface area contributed by atoms with Gasteiger partial charge < -0.3 is 4.74 Å². The number of ether oxygens (including phenoxy) is 1. The van der Waals surface area contributed by atoms with Crippen LogP contribution in [-0.4, -0.2) is 12.1 Å². The van der Waals surface area contributed by atoms with Gasteiger partial charge in [-0.25, -0.2) is 4.79 Å². The SMILES string of the molecule is O=C(/C=C/c1ccc(-c2ccccc2)cc1)OC1CCCCC1. The van der Waals surface area contributed by atoms with Crippen LogP contribution >= 0.6 is 0 Å². The van der Waals surface area contributed by atoms with Gasteiger partial charge in [0.25, 0.3) is 0 Å². The van der Waals surface area contributed by atoms with E-state index in [4.69, 9.17) is 4.74 Å². The van der Waals surface area contributed by atoms with Crippen molar-refractivity contribution < 1.29 is 9.53 Å². The number of rotatable bonds is 4. The van der Waals surface area contributed by atoms with Gasteiger partial charge in [0.1, 0.15) is 6.10 Å². The molecule has 0 spiro atoms. The fraction of sp³-hybridized carbons (Fsp3) is 0.286. The van der Waals surface area contributed by atoms with Gasteiger partial charge in [0.05, 0.1) is 0 Å². The van der Waals surface area contributed by atoms with Crippen LogP contribution in [0.1, 0.15) is 37.7 Å². The normalized spacial score (nSPS) is 15.7. The fourth-order valence-electron chi connectivity index (χ4n) is 2.97. The number of carbonyl (C=O) groups is 1. The molecule has 0 amide bonds. The molecule has 2 nitrogen and oxygen atoms in total. The molecule has 0 saturated heterocycles.